The first-order valence-electron chi connectivity index (χ1n) is 6.28. The lowest BCUT2D eigenvalue weighted by atomic mass is 9.88. The van der Waals surface area contributed by atoms with Gasteiger partial charge >= 0.3 is 0 Å². The Morgan fingerprint density at radius 1 is 1.37 bits per heavy atom. The van der Waals surface area contributed by atoms with Crippen molar-refractivity contribution in [2.75, 3.05) is 6.54 Å². The predicted molar refractivity (Wildman–Crippen MR) is 75.7 cm³/mol. The van der Waals surface area contributed by atoms with Crippen molar-refractivity contribution in [2.45, 2.75) is 25.3 Å². The van der Waals surface area contributed by atoms with Gasteiger partial charge in [0.05, 0.1) is 12.0 Å². The summed E-state index contributed by atoms with van der Waals surface area (Å²) in [4.78, 5) is 23.9. The summed E-state index contributed by atoms with van der Waals surface area (Å²) in [6.07, 6.45) is 1.71. The van der Waals surface area contributed by atoms with Gasteiger partial charge in [-0.25, -0.2) is 0 Å². The Hall–Kier alpha value is -1.94. The zero-order valence-electron chi connectivity index (χ0n) is 11.1. The number of rotatable bonds is 7. The minimum Gasteiger partial charge on any atom is -0.353 e. The third kappa shape index (κ3) is 4.67. The number of hydrogen-bond donors (Lipinski definition) is 2. The van der Waals surface area contributed by atoms with E-state index in [1.54, 1.807) is 13.0 Å². The molecular weight excluding hydrogens is 240 g/mol. The van der Waals surface area contributed by atoms with Crippen LogP contribution in [0.4, 0.5) is 0 Å². The molecule has 1 unspecified atom stereocenters. The van der Waals surface area contributed by atoms with Gasteiger partial charge in [-0.3, -0.25) is 9.59 Å². The lowest BCUT2D eigenvalue weighted by Gasteiger charge is -2.17. The first kappa shape index (κ1) is 15.1. The predicted octanol–water partition coefficient (Wildman–Crippen LogP) is 1.38. The van der Waals surface area contributed by atoms with Crippen molar-refractivity contribution in [3.05, 3.63) is 48.6 Å². The first-order valence-corrected chi connectivity index (χ1v) is 6.28. The highest BCUT2D eigenvalue weighted by atomic mass is 16.2. The number of ketones is 1. The molecule has 0 bridgehead atoms. The maximum atomic E-state index is 12.1. The number of nitrogens with one attached hydrogen (secondary N) is 1. The van der Waals surface area contributed by atoms with Gasteiger partial charge in [0.1, 0.15) is 0 Å². The van der Waals surface area contributed by atoms with Gasteiger partial charge in [0.2, 0.25) is 5.91 Å². The van der Waals surface area contributed by atoms with Crippen LogP contribution in [0.3, 0.4) is 0 Å². The number of amides is 1. The third-order valence-corrected chi connectivity index (χ3v) is 2.83. The highest BCUT2D eigenvalue weighted by Crippen LogP contribution is 2.21. The fourth-order valence-corrected chi connectivity index (χ4v) is 1.83. The van der Waals surface area contributed by atoms with Crippen molar-refractivity contribution in [3.8, 4) is 0 Å². The van der Waals surface area contributed by atoms with Gasteiger partial charge in [0.25, 0.3) is 0 Å². The van der Waals surface area contributed by atoms with Crippen molar-refractivity contribution in [2.24, 2.45) is 5.73 Å². The molecule has 4 nitrogen and oxygen atoms in total. The van der Waals surface area contributed by atoms with Gasteiger partial charge in [-0.15, -0.1) is 6.58 Å². The normalized spacial score (nSPS) is 13.4. The highest BCUT2D eigenvalue weighted by molar-refractivity contribution is 5.94. The molecule has 3 N–H and O–H groups in total. The zero-order valence-corrected chi connectivity index (χ0v) is 11.1. The smallest absolute Gasteiger partial charge is 0.221 e. The molecule has 1 aromatic rings. The molecular formula is C15H20N2O2. The fourth-order valence-electron chi connectivity index (χ4n) is 1.83. The topological polar surface area (TPSA) is 72.2 Å². The average molecular weight is 260 g/mol. The van der Waals surface area contributed by atoms with Crippen LogP contribution in [0.1, 0.15) is 24.8 Å². The van der Waals surface area contributed by atoms with E-state index < -0.39 is 12.0 Å². The van der Waals surface area contributed by atoms with Crippen molar-refractivity contribution >= 4 is 11.7 Å². The summed E-state index contributed by atoms with van der Waals surface area (Å²) < 4.78 is 0. The Morgan fingerprint density at radius 3 is 2.53 bits per heavy atom. The Balaban J connectivity index is 2.85. The first-order chi connectivity index (χ1) is 9.06. The molecule has 0 fully saturated rings. The van der Waals surface area contributed by atoms with Gasteiger partial charge in [-0.2, -0.15) is 0 Å². The van der Waals surface area contributed by atoms with Gasteiger partial charge in [-0.1, -0.05) is 36.4 Å². The van der Waals surface area contributed by atoms with E-state index in [0.29, 0.717) is 6.54 Å². The van der Waals surface area contributed by atoms with E-state index in [4.69, 9.17) is 5.73 Å². The average Bonchev–Trinajstić information content (AvgIpc) is 2.42. The molecule has 0 aliphatic heterocycles. The van der Waals surface area contributed by atoms with Crippen LogP contribution in [0.25, 0.3) is 0 Å². The van der Waals surface area contributed by atoms with Crippen molar-refractivity contribution in [1.29, 1.82) is 0 Å². The molecule has 4 heteroatoms. The van der Waals surface area contributed by atoms with Crippen LogP contribution in [0.5, 0.6) is 0 Å². The summed E-state index contributed by atoms with van der Waals surface area (Å²) >= 11 is 0. The van der Waals surface area contributed by atoms with Gasteiger partial charge < -0.3 is 11.1 Å². The third-order valence-electron chi connectivity index (χ3n) is 2.83. The molecule has 1 amide bonds. The van der Waals surface area contributed by atoms with Crippen molar-refractivity contribution in [3.63, 3.8) is 0 Å². The largest absolute Gasteiger partial charge is 0.353 e. The number of carbonyl (C=O) groups is 2. The number of carbonyl (C=O) groups excluding carboxylic acids is 2. The van der Waals surface area contributed by atoms with Crippen LogP contribution in [0, 0.1) is 0 Å². The summed E-state index contributed by atoms with van der Waals surface area (Å²) in [6, 6.07) is 8.65. The second kappa shape index (κ2) is 7.48. The van der Waals surface area contributed by atoms with Crippen LogP contribution in [0.15, 0.2) is 43.0 Å². The van der Waals surface area contributed by atoms with Crippen LogP contribution in [-0.2, 0) is 9.59 Å². The summed E-state index contributed by atoms with van der Waals surface area (Å²) in [6.45, 7) is 5.57. The molecule has 19 heavy (non-hydrogen) atoms. The minimum atomic E-state index is -0.586. The maximum Gasteiger partial charge on any atom is 0.221 e. The molecule has 102 valence electrons. The Morgan fingerprint density at radius 2 is 2.00 bits per heavy atom. The fraction of sp³-hybridized carbons (Fsp3) is 0.333. The van der Waals surface area contributed by atoms with Crippen LogP contribution in [0.2, 0.25) is 0 Å². The molecule has 0 aromatic heterocycles. The minimum absolute atomic E-state index is 0.109. The molecule has 2 atom stereocenters. The van der Waals surface area contributed by atoms with E-state index in [1.807, 2.05) is 30.3 Å². The van der Waals surface area contributed by atoms with Gasteiger partial charge in [-0.05, 0) is 12.5 Å². The zero-order chi connectivity index (χ0) is 14.3. The van der Waals surface area contributed by atoms with Crippen LogP contribution >= 0.6 is 0 Å². The van der Waals surface area contributed by atoms with Gasteiger partial charge in [0, 0.05) is 13.0 Å². The number of nitrogens with two attached hydrogens (primary N) is 1. The Kier molecular flexibility index (Phi) is 5.96. The molecule has 0 radical (unpaired) electrons. The summed E-state index contributed by atoms with van der Waals surface area (Å²) in [5, 5.41) is 2.68. The van der Waals surface area contributed by atoms with E-state index in [0.717, 1.165) is 5.56 Å². The lowest BCUT2D eigenvalue weighted by molar-refractivity contribution is -0.127. The van der Waals surface area contributed by atoms with Crippen LogP contribution < -0.4 is 11.1 Å². The molecule has 0 heterocycles. The molecule has 1 rings (SSSR count). The lowest BCUT2D eigenvalue weighted by Crippen LogP contribution is -2.35. The number of Topliss-reactive ketones (excluding diaryl/α,β-unsaturated/α-hetero) is 1. The monoisotopic (exact) mass is 260 g/mol. The van der Waals surface area contributed by atoms with Crippen molar-refractivity contribution < 1.29 is 9.59 Å². The molecule has 0 saturated carbocycles. The summed E-state index contributed by atoms with van der Waals surface area (Å²) in [7, 11) is 0. The second-order valence-corrected chi connectivity index (χ2v) is 4.45. The Bertz CT molecular complexity index is 441. The van der Waals surface area contributed by atoms with Gasteiger partial charge in [0.15, 0.2) is 5.78 Å². The molecule has 0 aliphatic rings. The standard InChI is InChI=1S/C15H20N2O2/c1-3-9-17-14(18)10-13(15(19)11(2)16)12-7-5-4-6-8-12/h3-8,11,13H,1,9-10,16H2,2H3,(H,17,18)/t11-,13?/m1/s1. The number of benzene rings is 1. The molecule has 0 saturated heterocycles. The summed E-state index contributed by atoms with van der Waals surface area (Å²) in [5.41, 5.74) is 6.47. The second-order valence-electron chi connectivity index (χ2n) is 4.45. The van der Waals surface area contributed by atoms with E-state index in [-0.39, 0.29) is 18.1 Å². The highest BCUT2D eigenvalue weighted by Gasteiger charge is 2.25. The molecule has 0 aliphatic carbocycles. The van der Waals surface area contributed by atoms with Crippen molar-refractivity contribution in [1.82, 2.24) is 5.32 Å². The molecule has 1 aromatic carbocycles. The summed E-state index contributed by atoms with van der Waals surface area (Å²) in [5.74, 6) is -0.797. The maximum absolute atomic E-state index is 12.1. The van der Waals surface area contributed by atoms with E-state index in [2.05, 4.69) is 11.9 Å². The van der Waals surface area contributed by atoms with E-state index in [1.165, 1.54) is 0 Å². The number of hydrogen-bond acceptors (Lipinski definition) is 3. The quantitative estimate of drug-likeness (QED) is 0.727. The van der Waals surface area contributed by atoms with E-state index in [9.17, 15) is 9.59 Å². The van der Waals surface area contributed by atoms with E-state index >= 15 is 0 Å². The molecule has 0 spiro atoms. The Labute approximate surface area is 113 Å². The van der Waals surface area contributed by atoms with Crippen LogP contribution in [-0.4, -0.2) is 24.3 Å². The SMILES string of the molecule is C=CCNC(=O)CC(C(=O)[C@@H](C)N)c1ccccc1.